The molecular formula is C34H40N10O12S. The van der Waals surface area contributed by atoms with Gasteiger partial charge in [0.1, 0.15) is 18.1 Å². The Labute approximate surface area is 326 Å². The molecule has 1 aromatic carbocycles. The number of hydrogen-bond donors (Lipinski definition) is 11. The smallest absolute Gasteiger partial charge is 0.327 e. The normalized spacial score (nSPS) is 12.6. The monoisotopic (exact) mass is 812 g/mol. The lowest BCUT2D eigenvalue weighted by atomic mass is 10.1. The molecule has 0 aliphatic carbocycles. The van der Waals surface area contributed by atoms with E-state index < -0.39 is 85.0 Å². The highest BCUT2D eigenvalue weighted by molar-refractivity contribution is 7.99. The molecule has 0 aliphatic rings. The van der Waals surface area contributed by atoms with Crippen LogP contribution >= 0.6 is 11.8 Å². The third-order valence-electron chi connectivity index (χ3n) is 8.16. The molecule has 23 heteroatoms. The summed E-state index contributed by atoms with van der Waals surface area (Å²) in [7, 11) is 0. The van der Waals surface area contributed by atoms with Gasteiger partial charge in [0.25, 0.3) is 11.5 Å². The Morgan fingerprint density at radius 1 is 0.877 bits per heavy atom. The summed E-state index contributed by atoms with van der Waals surface area (Å²) >= 11 is 0.874. The predicted octanol–water partition coefficient (Wildman–Crippen LogP) is 0.205. The summed E-state index contributed by atoms with van der Waals surface area (Å²) in [5, 5.41) is 59.0. The van der Waals surface area contributed by atoms with Crippen molar-refractivity contribution >= 4 is 70.2 Å². The molecule has 0 aliphatic heterocycles. The first-order valence-corrected chi connectivity index (χ1v) is 18.2. The summed E-state index contributed by atoms with van der Waals surface area (Å²) in [5.41, 5.74) is 6.10. The van der Waals surface area contributed by atoms with Gasteiger partial charge in [0, 0.05) is 42.5 Å². The molecule has 22 nitrogen and oxygen atoms in total. The van der Waals surface area contributed by atoms with Crippen LogP contribution in [-0.2, 0) is 37.1 Å². The van der Waals surface area contributed by atoms with E-state index in [0.717, 1.165) is 11.8 Å². The lowest BCUT2D eigenvalue weighted by Crippen LogP contribution is -2.45. The number of nitrogens with one attached hydrogen (secondary N) is 5. The van der Waals surface area contributed by atoms with Gasteiger partial charge in [-0.2, -0.15) is 4.98 Å². The molecule has 0 spiro atoms. The van der Waals surface area contributed by atoms with Crippen molar-refractivity contribution in [3.05, 3.63) is 58.1 Å². The number of nitrogens with zero attached hydrogens (tertiary/aromatic N) is 4. The van der Waals surface area contributed by atoms with Crippen molar-refractivity contribution < 1.29 is 54.3 Å². The van der Waals surface area contributed by atoms with Crippen molar-refractivity contribution in [2.24, 2.45) is 0 Å². The van der Waals surface area contributed by atoms with Gasteiger partial charge >= 0.3 is 17.9 Å². The summed E-state index contributed by atoms with van der Waals surface area (Å²) in [4.78, 5) is 100. The lowest BCUT2D eigenvalue weighted by Gasteiger charge is -2.18. The van der Waals surface area contributed by atoms with Gasteiger partial charge in [0.2, 0.25) is 23.6 Å². The van der Waals surface area contributed by atoms with Crippen molar-refractivity contribution in [1.82, 2.24) is 40.5 Å². The fraction of sp³-hybridized carbons (Fsp3) is 0.353. The predicted molar refractivity (Wildman–Crippen MR) is 201 cm³/mol. The zero-order chi connectivity index (χ0) is 41.8. The van der Waals surface area contributed by atoms with E-state index in [1.54, 1.807) is 12.1 Å². The number of carbonyl (C=O) groups is 6. The highest BCUT2D eigenvalue weighted by Crippen LogP contribution is 2.35. The zero-order valence-corrected chi connectivity index (χ0v) is 31.0. The Morgan fingerprint density at radius 3 is 2.07 bits per heavy atom. The number of benzene rings is 1. The van der Waals surface area contributed by atoms with Crippen LogP contribution in [0.1, 0.15) is 55.1 Å². The third kappa shape index (κ3) is 12.0. The second-order valence-corrected chi connectivity index (χ2v) is 13.5. The minimum Gasteiger partial charge on any atom is -0.494 e. The lowest BCUT2D eigenvalue weighted by molar-refractivity contribution is -0.143. The molecule has 0 fully saturated rings. The van der Waals surface area contributed by atoms with Crippen LogP contribution in [0, 0.1) is 0 Å². The van der Waals surface area contributed by atoms with E-state index in [1.807, 2.05) is 6.92 Å². The molecule has 3 unspecified atom stereocenters. The van der Waals surface area contributed by atoms with E-state index in [1.165, 1.54) is 29.0 Å². The molecule has 304 valence electrons. The van der Waals surface area contributed by atoms with Crippen molar-refractivity contribution in [3.8, 4) is 11.8 Å². The number of carboxylic acids is 3. The number of fused-ring (bicyclic) bond motifs is 1. The number of hydrogen-bond acceptors (Lipinski definition) is 15. The summed E-state index contributed by atoms with van der Waals surface area (Å²) in [6, 6.07) is 2.61. The van der Waals surface area contributed by atoms with E-state index in [2.05, 4.69) is 41.2 Å². The number of amides is 3. The molecule has 0 saturated heterocycles. The number of nitrogens with two attached hydrogens (primary N) is 1. The van der Waals surface area contributed by atoms with Gasteiger partial charge in [-0.1, -0.05) is 6.92 Å². The Bertz CT molecular complexity index is 2190. The number of aromatic hydroxyl groups is 2. The van der Waals surface area contributed by atoms with Crippen LogP contribution in [0.15, 0.2) is 46.2 Å². The van der Waals surface area contributed by atoms with E-state index >= 15 is 0 Å². The Balaban J connectivity index is 1.23. The number of nitrogen functional groups attached to an aromatic ring is 1. The minimum absolute atomic E-state index is 0.00344. The Hall–Kier alpha value is -6.91. The SMILES string of the molecule is CCCn1c(O)cc(SCC(NC(=O)CCC(NC(=O)CCC(NC(=O)c2ccc(NCc3cnc4nc(N)[nH]c(=O)c4n3)cc2)C(=O)O)C(=O)O)C(=O)O)c1O. The van der Waals surface area contributed by atoms with E-state index in [4.69, 9.17) is 5.73 Å². The molecule has 3 atom stereocenters. The fourth-order valence-electron chi connectivity index (χ4n) is 5.23. The molecule has 0 bridgehead atoms. The number of H-pyrrole nitrogens is 1. The van der Waals surface area contributed by atoms with Gasteiger partial charge in [-0.3, -0.25) is 28.7 Å². The minimum atomic E-state index is -1.59. The molecule has 0 saturated carbocycles. The zero-order valence-electron chi connectivity index (χ0n) is 30.2. The molecule has 3 aromatic heterocycles. The maximum absolute atomic E-state index is 12.8. The number of aromatic nitrogens is 5. The van der Waals surface area contributed by atoms with Crippen LogP contribution in [0.4, 0.5) is 11.6 Å². The molecule has 57 heavy (non-hydrogen) atoms. The average Bonchev–Trinajstić information content (AvgIpc) is 3.43. The van der Waals surface area contributed by atoms with Crippen molar-refractivity contribution in [1.29, 1.82) is 0 Å². The van der Waals surface area contributed by atoms with Crippen molar-refractivity contribution in [2.75, 3.05) is 16.8 Å². The highest BCUT2D eigenvalue weighted by atomic mass is 32.2. The van der Waals surface area contributed by atoms with Crippen LogP contribution in [0.2, 0.25) is 0 Å². The van der Waals surface area contributed by atoms with Gasteiger partial charge in [0.15, 0.2) is 17.0 Å². The van der Waals surface area contributed by atoms with Crippen LogP contribution < -0.4 is 32.6 Å². The second kappa shape index (κ2) is 19.6. The number of carboxylic acid groups (broad SMARTS) is 3. The van der Waals surface area contributed by atoms with Crippen LogP contribution in [0.25, 0.3) is 11.2 Å². The first-order chi connectivity index (χ1) is 27.1. The largest absolute Gasteiger partial charge is 0.494 e. The molecule has 4 rings (SSSR count). The van der Waals surface area contributed by atoms with Crippen LogP contribution in [0.5, 0.6) is 11.8 Å². The van der Waals surface area contributed by atoms with Gasteiger partial charge in [-0.05, 0) is 43.5 Å². The number of aromatic amines is 1. The van der Waals surface area contributed by atoms with Gasteiger partial charge < -0.3 is 52.5 Å². The topological polar surface area (TPSA) is 354 Å². The quantitative estimate of drug-likeness (QED) is 0.0501. The molecule has 0 radical (unpaired) electrons. The van der Waals surface area contributed by atoms with Gasteiger partial charge in [-0.25, -0.2) is 24.4 Å². The standard InChI is InChI=1S/C34H40N10O12S/c1-2-11-44-25(47)12-22(30(44)50)57-15-21(33(55)56)40-24(46)9-7-19(31(51)52)39-23(45)10-8-20(32(53)54)41-28(48)16-3-5-17(6-4-16)36-13-18-14-37-27-26(38-18)29(49)43-34(35)42-27/h3-6,12,14,19-21,36,47,50H,2,7-11,13,15H2,1H3,(H,39,45)(H,40,46)(H,41,48)(H,51,52)(H,53,54)(H,55,56)(H3,35,37,42,43,49). The maximum atomic E-state index is 12.8. The number of thioether (sulfide) groups is 1. The van der Waals surface area contributed by atoms with Crippen LogP contribution in [-0.4, -0.2) is 110 Å². The second-order valence-electron chi connectivity index (χ2n) is 12.4. The van der Waals surface area contributed by atoms with Crippen LogP contribution in [0.3, 0.4) is 0 Å². The fourth-order valence-corrected chi connectivity index (χ4v) is 6.23. The maximum Gasteiger partial charge on any atom is 0.327 e. The number of aliphatic carboxylic acids is 3. The number of rotatable bonds is 21. The third-order valence-corrected chi connectivity index (χ3v) is 9.27. The summed E-state index contributed by atoms with van der Waals surface area (Å²) in [6.45, 7) is 2.30. The van der Waals surface area contributed by atoms with E-state index in [9.17, 15) is 59.1 Å². The van der Waals surface area contributed by atoms with E-state index in [0.29, 0.717) is 24.3 Å². The first kappa shape index (κ1) is 42.8. The highest BCUT2D eigenvalue weighted by Gasteiger charge is 2.27. The average molecular weight is 813 g/mol. The van der Waals surface area contributed by atoms with Crippen molar-refractivity contribution in [3.63, 3.8) is 0 Å². The van der Waals surface area contributed by atoms with Crippen molar-refractivity contribution in [2.45, 2.75) is 75.1 Å². The summed E-state index contributed by atoms with van der Waals surface area (Å²) in [6.07, 6.45) is 0.159. The Morgan fingerprint density at radius 2 is 1.47 bits per heavy atom. The number of anilines is 2. The van der Waals surface area contributed by atoms with E-state index in [-0.39, 0.29) is 51.6 Å². The van der Waals surface area contributed by atoms with Gasteiger partial charge in [0.05, 0.1) is 23.3 Å². The number of carbonyl (C=O) groups excluding carboxylic acids is 3. The molecule has 3 amide bonds. The summed E-state index contributed by atoms with van der Waals surface area (Å²) in [5.74, 6) is -7.65. The molecule has 4 aromatic rings. The Kier molecular flexibility index (Phi) is 14.7. The first-order valence-electron chi connectivity index (χ1n) is 17.2. The molecular weight excluding hydrogens is 772 g/mol. The summed E-state index contributed by atoms with van der Waals surface area (Å²) < 4.78 is 1.24. The van der Waals surface area contributed by atoms with Gasteiger partial charge in [-0.15, -0.1) is 11.8 Å². The molecule has 12 N–H and O–H groups in total. The molecule has 3 heterocycles.